The zero-order chi connectivity index (χ0) is 14.7. The normalized spacial score (nSPS) is 22.8. The van der Waals surface area contributed by atoms with Gasteiger partial charge in [0.2, 0.25) is 0 Å². The third-order valence-corrected chi connectivity index (χ3v) is 4.30. The second kappa shape index (κ2) is 6.39. The molecule has 0 radical (unpaired) electrons. The number of aryl methyl sites for hydroxylation is 2. The van der Waals surface area contributed by atoms with Crippen LogP contribution >= 0.6 is 0 Å². The van der Waals surface area contributed by atoms with E-state index in [9.17, 15) is 4.79 Å². The predicted molar refractivity (Wildman–Crippen MR) is 79.5 cm³/mol. The van der Waals surface area contributed by atoms with Crippen molar-refractivity contribution in [1.82, 2.24) is 14.7 Å². The van der Waals surface area contributed by atoms with Gasteiger partial charge in [0, 0.05) is 25.7 Å². The van der Waals surface area contributed by atoms with E-state index in [0.717, 1.165) is 44.3 Å². The molecule has 1 aromatic heterocycles. The number of nitrogens with two attached hydrogens (primary N) is 1. The molecule has 1 aliphatic rings. The lowest BCUT2D eigenvalue weighted by Gasteiger charge is -2.35. The molecule has 1 aliphatic carbocycles. The summed E-state index contributed by atoms with van der Waals surface area (Å²) in [4.78, 5) is 14.7. The van der Waals surface area contributed by atoms with E-state index in [1.807, 2.05) is 24.9 Å². The van der Waals surface area contributed by atoms with Gasteiger partial charge >= 0.3 is 0 Å². The Balaban J connectivity index is 2.14. The van der Waals surface area contributed by atoms with E-state index < -0.39 is 0 Å². The Morgan fingerprint density at radius 2 is 2.05 bits per heavy atom. The molecule has 0 aliphatic heterocycles. The van der Waals surface area contributed by atoms with Crippen molar-refractivity contribution in [3.63, 3.8) is 0 Å². The van der Waals surface area contributed by atoms with Crippen LogP contribution in [0.1, 0.15) is 55.7 Å². The average Bonchev–Trinajstić information content (AvgIpc) is 2.83. The van der Waals surface area contributed by atoms with E-state index in [1.54, 1.807) is 4.68 Å². The minimum Gasteiger partial charge on any atom is -0.335 e. The van der Waals surface area contributed by atoms with Crippen molar-refractivity contribution in [3.05, 3.63) is 17.5 Å². The second-order valence-corrected chi connectivity index (χ2v) is 5.66. The lowest BCUT2D eigenvalue weighted by atomic mass is 9.90. The van der Waals surface area contributed by atoms with Gasteiger partial charge in [-0.15, -0.1) is 0 Å². The highest BCUT2D eigenvalue weighted by atomic mass is 16.2. The van der Waals surface area contributed by atoms with Crippen molar-refractivity contribution in [3.8, 4) is 0 Å². The Hall–Kier alpha value is -1.36. The van der Waals surface area contributed by atoms with Gasteiger partial charge in [0.05, 0.1) is 5.69 Å². The topological polar surface area (TPSA) is 64.2 Å². The van der Waals surface area contributed by atoms with Crippen LogP contribution in [0.3, 0.4) is 0 Å². The molecule has 1 saturated carbocycles. The maximum absolute atomic E-state index is 12.7. The molecule has 1 amide bonds. The summed E-state index contributed by atoms with van der Waals surface area (Å²) in [6, 6.07) is 2.55. The van der Waals surface area contributed by atoms with E-state index >= 15 is 0 Å². The molecule has 1 aromatic rings. The number of hydrogen-bond acceptors (Lipinski definition) is 3. The van der Waals surface area contributed by atoms with E-state index in [0.29, 0.717) is 17.8 Å². The van der Waals surface area contributed by atoms with Gasteiger partial charge in [-0.05, 0) is 45.1 Å². The van der Waals surface area contributed by atoms with Gasteiger partial charge in [0.25, 0.3) is 5.91 Å². The van der Waals surface area contributed by atoms with Crippen molar-refractivity contribution in [2.45, 2.75) is 58.0 Å². The molecule has 20 heavy (non-hydrogen) atoms. The molecule has 0 bridgehead atoms. The van der Waals surface area contributed by atoms with Gasteiger partial charge in [0.15, 0.2) is 0 Å². The first-order chi connectivity index (χ1) is 9.56. The summed E-state index contributed by atoms with van der Waals surface area (Å²) in [7, 11) is 1.84. The Bertz CT molecular complexity index is 460. The molecular weight excluding hydrogens is 252 g/mol. The van der Waals surface area contributed by atoms with Crippen molar-refractivity contribution in [2.24, 2.45) is 12.8 Å². The van der Waals surface area contributed by atoms with Gasteiger partial charge in [-0.2, -0.15) is 5.10 Å². The predicted octanol–water partition coefficient (Wildman–Crippen LogP) is 1.71. The Morgan fingerprint density at radius 3 is 2.55 bits per heavy atom. The monoisotopic (exact) mass is 278 g/mol. The number of aromatic nitrogens is 2. The third kappa shape index (κ3) is 3.03. The highest BCUT2D eigenvalue weighted by Gasteiger charge is 2.28. The number of nitrogens with zero attached hydrogens (tertiary/aromatic N) is 3. The SMILES string of the molecule is CCc1cc(C(=O)N(CC)C2CCC(N)CC2)n(C)n1. The smallest absolute Gasteiger partial charge is 0.272 e. The average molecular weight is 278 g/mol. The van der Waals surface area contributed by atoms with Crippen LogP contribution in [0, 0.1) is 0 Å². The number of carbonyl (C=O) groups excluding carboxylic acids is 1. The van der Waals surface area contributed by atoms with Crippen molar-refractivity contribution in [1.29, 1.82) is 0 Å². The van der Waals surface area contributed by atoms with Crippen LogP contribution in [-0.2, 0) is 13.5 Å². The molecule has 1 heterocycles. The second-order valence-electron chi connectivity index (χ2n) is 5.66. The molecule has 0 saturated heterocycles. The largest absolute Gasteiger partial charge is 0.335 e. The lowest BCUT2D eigenvalue weighted by Crippen LogP contribution is -2.44. The van der Waals surface area contributed by atoms with Gasteiger partial charge in [-0.1, -0.05) is 6.92 Å². The van der Waals surface area contributed by atoms with Gasteiger partial charge in [-0.25, -0.2) is 0 Å². The van der Waals surface area contributed by atoms with E-state index in [2.05, 4.69) is 12.0 Å². The van der Waals surface area contributed by atoms with Crippen LogP contribution in [0.4, 0.5) is 0 Å². The van der Waals surface area contributed by atoms with Crippen LogP contribution in [0.25, 0.3) is 0 Å². The number of carbonyl (C=O) groups is 1. The summed E-state index contributed by atoms with van der Waals surface area (Å²) in [5.74, 6) is 0.0997. The number of rotatable bonds is 4. The maximum atomic E-state index is 12.7. The summed E-state index contributed by atoms with van der Waals surface area (Å²) < 4.78 is 1.71. The van der Waals surface area contributed by atoms with Crippen molar-refractivity contribution >= 4 is 5.91 Å². The highest BCUT2D eigenvalue weighted by molar-refractivity contribution is 5.93. The van der Waals surface area contributed by atoms with Crippen LogP contribution in [0.5, 0.6) is 0 Å². The Kier molecular flexibility index (Phi) is 4.81. The molecule has 0 unspecified atom stereocenters. The summed E-state index contributed by atoms with van der Waals surface area (Å²) in [5, 5.41) is 4.37. The minimum atomic E-state index is 0.0997. The molecule has 5 heteroatoms. The molecule has 1 fully saturated rings. The quantitative estimate of drug-likeness (QED) is 0.912. The summed E-state index contributed by atoms with van der Waals surface area (Å²) in [6.45, 7) is 4.84. The van der Waals surface area contributed by atoms with Crippen LogP contribution in [0.15, 0.2) is 6.07 Å². The number of amides is 1. The van der Waals surface area contributed by atoms with Crippen LogP contribution in [-0.4, -0.2) is 39.2 Å². The molecule has 0 spiro atoms. The summed E-state index contributed by atoms with van der Waals surface area (Å²) in [5.41, 5.74) is 7.62. The third-order valence-electron chi connectivity index (χ3n) is 4.30. The van der Waals surface area contributed by atoms with Gasteiger partial charge in [-0.3, -0.25) is 9.48 Å². The number of hydrogen-bond donors (Lipinski definition) is 1. The standard InChI is InChI=1S/C15H26N4O/c1-4-12-10-14(18(3)17-12)15(20)19(5-2)13-8-6-11(16)7-9-13/h10-11,13H,4-9,16H2,1-3H3. The van der Waals surface area contributed by atoms with E-state index in [-0.39, 0.29) is 5.91 Å². The van der Waals surface area contributed by atoms with E-state index in [4.69, 9.17) is 5.73 Å². The zero-order valence-electron chi connectivity index (χ0n) is 12.8. The molecular formula is C15H26N4O. The van der Waals surface area contributed by atoms with E-state index in [1.165, 1.54) is 0 Å². The Morgan fingerprint density at radius 1 is 1.40 bits per heavy atom. The highest BCUT2D eigenvalue weighted by Crippen LogP contribution is 2.23. The first-order valence-electron chi connectivity index (χ1n) is 7.66. The summed E-state index contributed by atoms with van der Waals surface area (Å²) >= 11 is 0. The molecule has 112 valence electrons. The zero-order valence-corrected chi connectivity index (χ0v) is 12.8. The molecule has 5 nitrogen and oxygen atoms in total. The fourth-order valence-corrected chi connectivity index (χ4v) is 3.03. The lowest BCUT2D eigenvalue weighted by molar-refractivity contribution is 0.0629. The first-order valence-corrected chi connectivity index (χ1v) is 7.66. The fourth-order valence-electron chi connectivity index (χ4n) is 3.03. The van der Waals surface area contributed by atoms with Gasteiger partial charge in [0.1, 0.15) is 5.69 Å². The summed E-state index contributed by atoms with van der Waals surface area (Å²) in [6.07, 6.45) is 4.91. The first kappa shape index (κ1) is 15.0. The molecule has 0 atom stereocenters. The Labute approximate surface area is 121 Å². The maximum Gasteiger partial charge on any atom is 0.272 e. The van der Waals surface area contributed by atoms with Crippen LogP contribution < -0.4 is 5.73 Å². The minimum absolute atomic E-state index is 0.0997. The molecule has 2 rings (SSSR count). The molecule has 2 N–H and O–H groups in total. The van der Waals surface area contributed by atoms with Crippen LogP contribution in [0.2, 0.25) is 0 Å². The van der Waals surface area contributed by atoms with Gasteiger partial charge < -0.3 is 10.6 Å². The van der Waals surface area contributed by atoms with Crippen molar-refractivity contribution < 1.29 is 4.79 Å². The fraction of sp³-hybridized carbons (Fsp3) is 0.733. The van der Waals surface area contributed by atoms with Crippen molar-refractivity contribution in [2.75, 3.05) is 6.54 Å². The molecule has 0 aromatic carbocycles.